The molecule has 0 spiro atoms. The SMILES string of the molecule is CC1(C)OB(c2ccc3cn[nH]c3c2)OC1(C)C.O=c1ccc(Br)cn1Cc1ccccc1F. The summed E-state index contributed by atoms with van der Waals surface area (Å²) in [7, 11) is -0.317. The fourth-order valence-corrected chi connectivity index (χ4v) is 3.90. The van der Waals surface area contributed by atoms with Gasteiger partial charge in [-0.1, -0.05) is 30.3 Å². The van der Waals surface area contributed by atoms with Crippen LogP contribution in [0.2, 0.25) is 0 Å². The highest BCUT2D eigenvalue weighted by Crippen LogP contribution is 2.36. The van der Waals surface area contributed by atoms with E-state index >= 15 is 0 Å². The van der Waals surface area contributed by atoms with Gasteiger partial charge in [0.2, 0.25) is 0 Å². The van der Waals surface area contributed by atoms with Crippen molar-refractivity contribution in [1.29, 1.82) is 0 Å². The van der Waals surface area contributed by atoms with Crippen LogP contribution in [0.3, 0.4) is 0 Å². The molecule has 176 valence electrons. The molecule has 0 radical (unpaired) electrons. The number of fused-ring (bicyclic) bond motifs is 1. The summed E-state index contributed by atoms with van der Waals surface area (Å²) in [6, 6.07) is 15.6. The van der Waals surface area contributed by atoms with E-state index in [0.29, 0.717) is 5.56 Å². The molecule has 1 aliphatic heterocycles. The van der Waals surface area contributed by atoms with E-state index in [9.17, 15) is 9.18 Å². The average Bonchev–Trinajstić information content (AvgIpc) is 3.33. The number of rotatable bonds is 3. The van der Waals surface area contributed by atoms with Crippen molar-refractivity contribution in [3.05, 3.63) is 93.2 Å². The molecular weight excluding hydrogens is 500 g/mol. The molecule has 0 aliphatic carbocycles. The summed E-state index contributed by atoms with van der Waals surface area (Å²) in [6.45, 7) is 8.47. The third-order valence-electron chi connectivity index (χ3n) is 6.24. The second kappa shape index (κ2) is 9.48. The number of aromatic amines is 1. The maximum absolute atomic E-state index is 13.4. The molecule has 2 aromatic carbocycles. The fourth-order valence-electron chi connectivity index (χ4n) is 3.52. The minimum absolute atomic E-state index is 0.147. The van der Waals surface area contributed by atoms with E-state index in [-0.39, 0.29) is 36.2 Å². The molecule has 5 rings (SSSR count). The van der Waals surface area contributed by atoms with Crippen LogP contribution in [0.4, 0.5) is 4.39 Å². The third-order valence-corrected chi connectivity index (χ3v) is 6.71. The Hall–Kier alpha value is -2.75. The summed E-state index contributed by atoms with van der Waals surface area (Å²) in [6.07, 6.45) is 3.46. The lowest BCUT2D eigenvalue weighted by Gasteiger charge is -2.32. The van der Waals surface area contributed by atoms with Gasteiger partial charge in [0.25, 0.3) is 5.56 Å². The van der Waals surface area contributed by atoms with Crippen molar-refractivity contribution < 1.29 is 13.7 Å². The van der Waals surface area contributed by atoms with Crippen LogP contribution < -0.4 is 11.0 Å². The topological polar surface area (TPSA) is 69.1 Å². The van der Waals surface area contributed by atoms with Gasteiger partial charge in [0.15, 0.2) is 0 Å². The predicted molar refractivity (Wildman–Crippen MR) is 136 cm³/mol. The van der Waals surface area contributed by atoms with Crippen LogP contribution in [0.5, 0.6) is 0 Å². The molecule has 0 amide bonds. The smallest absolute Gasteiger partial charge is 0.399 e. The van der Waals surface area contributed by atoms with Gasteiger partial charge in [-0.2, -0.15) is 5.10 Å². The van der Waals surface area contributed by atoms with Crippen LogP contribution in [-0.2, 0) is 15.9 Å². The molecule has 0 unspecified atom stereocenters. The van der Waals surface area contributed by atoms with Gasteiger partial charge in [0.1, 0.15) is 5.82 Å². The van der Waals surface area contributed by atoms with E-state index in [4.69, 9.17) is 9.31 Å². The normalized spacial score (nSPS) is 16.4. The number of nitrogens with one attached hydrogen (secondary N) is 1. The van der Waals surface area contributed by atoms with Crippen molar-refractivity contribution in [1.82, 2.24) is 14.8 Å². The molecule has 1 fully saturated rings. The Morgan fingerprint density at radius 3 is 2.47 bits per heavy atom. The van der Waals surface area contributed by atoms with E-state index in [1.54, 1.807) is 30.5 Å². The summed E-state index contributed by atoms with van der Waals surface area (Å²) in [4.78, 5) is 11.5. The van der Waals surface area contributed by atoms with Crippen molar-refractivity contribution in [2.75, 3.05) is 0 Å². The van der Waals surface area contributed by atoms with Gasteiger partial charge >= 0.3 is 7.12 Å². The van der Waals surface area contributed by atoms with E-state index in [1.807, 2.05) is 24.4 Å². The summed E-state index contributed by atoms with van der Waals surface area (Å²) in [5, 5.41) is 8.08. The van der Waals surface area contributed by atoms with Gasteiger partial charge in [-0.05, 0) is 67.3 Å². The predicted octanol–water partition coefficient (Wildman–Crippen LogP) is 4.66. The molecule has 6 nitrogen and oxygen atoms in total. The van der Waals surface area contributed by atoms with Crippen LogP contribution in [-0.4, -0.2) is 33.1 Å². The number of benzene rings is 2. The molecule has 0 saturated carbocycles. The lowest BCUT2D eigenvalue weighted by Crippen LogP contribution is -2.41. The number of hydrogen-bond donors (Lipinski definition) is 1. The first-order chi connectivity index (χ1) is 16.1. The van der Waals surface area contributed by atoms with Crippen molar-refractivity contribution in [3.63, 3.8) is 0 Å². The molecule has 3 heterocycles. The zero-order valence-electron chi connectivity index (χ0n) is 19.5. The first-order valence-electron chi connectivity index (χ1n) is 10.9. The lowest BCUT2D eigenvalue weighted by atomic mass is 9.79. The molecule has 1 N–H and O–H groups in total. The van der Waals surface area contributed by atoms with Gasteiger partial charge in [0, 0.05) is 27.7 Å². The number of H-pyrrole nitrogens is 1. The van der Waals surface area contributed by atoms with Crippen LogP contribution in [0.15, 0.2) is 76.3 Å². The summed E-state index contributed by atoms with van der Waals surface area (Å²) in [5.41, 5.74) is 1.77. The van der Waals surface area contributed by atoms with Gasteiger partial charge in [-0.15, -0.1) is 0 Å². The van der Waals surface area contributed by atoms with Gasteiger partial charge in [-0.3, -0.25) is 9.89 Å². The third kappa shape index (κ3) is 5.16. The highest BCUT2D eigenvalue weighted by Gasteiger charge is 2.51. The molecule has 0 atom stereocenters. The van der Waals surface area contributed by atoms with Crippen LogP contribution >= 0.6 is 15.9 Å². The second-order valence-corrected chi connectivity index (χ2v) is 10.1. The number of hydrogen-bond acceptors (Lipinski definition) is 4. The summed E-state index contributed by atoms with van der Waals surface area (Å²) >= 11 is 3.27. The average molecular weight is 526 g/mol. The molecule has 9 heteroatoms. The van der Waals surface area contributed by atoms with Crippen LogP contribution in [0.1, 0.15) is 33.3 Å². The minimum atomic E-state index is -0.317. The molecule has 1 saturated heterocycles. The van der Waals surface area contributed by atoms with Crippen molar-refractivity contribution >= 4 is 39.4 Å². The first-order valence-corrected chi connectivity index (χ1v) is 11.7. The largest absolute Gasteiger partial charge is 0.494 e. The van der Waals surface area contributed by atoms with Crippen molar-refractivity contribution in [3.8, 4) is 0 Å². The second-order valence-electron chi connectivity index (χ2n) is 9.21. The Morgan fingerprint density at radius 1 is 1.06 bits per heavy atom. The standard InChI is InChI=1S/C13H17BN2O2.C12H9BrFNO/c1-12(2)13(3,4)18-14(17-12)10-6-5-9-8-15-16-11(9)7-10;13-10-5-6-12(16)15(8-10)7-9-3-1-2-4-11(9)14/h5-8H,1-4H3,(H,15,16);1-6,8H,7H2. The van der Waals surface area contributed by atoms with Crippen LogP contribution in [0.25, 0.3) is 10.9 Å². The quantitative estimate of drug-likeness (QED) is 0.395. The highest BCUT2D eigenvalue weighted by atomic mass is 79.9. The molecule has 2 aromatic heterocycles. The van der Waals surface area contributed by atoms with E-state index in [1.165, 1.54) is 16.7 Å². The zero-order valence-corrected chi connectivity index (χ0v) is 21.1. The Morgan fingerprint density at radius 2 is 1.76 bits per heavy atom. The fraction of sp³-hybridized carbons (Fsp3) is 0.280. The first kappa shape index (κ1) is 24.4. The Labute approximate surface area is 206 Å². The molecule has 34 heavy (non-hydrogen) atoms. The molecule has 1 aliphatic rings. The number of halogens is 2. The van der Waals surface area contributed by atoms with Crippen molar-refractivity contribution in [2.45, 2.75) is 45.4 Å². The van der Waals surface area contributed by atoms with Crippen molar-refractivity contribution in [2.24, 2.45) is 0 Å². The molecular formula is C25H26BBrFN3O3. The Balaban J connectivity index is 0.000000162. The zero-order chi connectivity index (χ0) is 24.5. The van der Waals surface area contributed by atoms with Gasteiger partial charge in [0.05, 0.1) is 29.5 Å². The summed E-state index contributed by atoms with van der Waals surface area (Å²) < 4.78 is 27.7. The van der Waals surface area contributed by atoms with Gasteiger partial charge < -0.3 is 13.9 Å². The maximum atomic E-state index is 13.4. The summed E-state index contributed by atoms with van der Waals surface area (Å²) in [5.74, 6) is -0.297. The monoisotopic (exact) mass is 525 g/mol. The Bertz CT molecular complexity index is 1350. The minimum Gasteiger partial charge on any atom is -0.399 e. The van der Waals surface area contributed by atoms with E-state index < -0.39 is 0 Å². The highest BCUT2D eigenvalue weighted by molar-refractivity contribution is 9.10. The molecule has 0 bridgehead atoms. The van der Waals surface area contributed by atoms with E-state index in [2.05, 4.69) is 53.8 Å². The van der Waals surface area contributed by atoms with Gasteiger partial charge in [-0.25, -0.2) is 4.39 Å². The Kier molecular flexibility index (Phi) is 6.80. The van der Waals surface area contributed by atoms with E-state index in [0.717, 1.165) is 20.8 Å². The molecule has 4 aromatic rings. The number of aromatic nitrogens is 3. The number of pyridine rings is 1. The maximum Gasteiger partial charge on any atom is 0.494 e. The lowest BCUT2D eigenvalue weighted by molar-refractivity contribution is 0.00578. The van der Waals surface area contributed by atoms with Crippen LogP contribution in [0, 0.1) is 5.82 Å². The number of nitrogens with zero attached hydrogens (tertiary/aromatic N) is 2.